The molecular weight excluding hydrogens is 515 g/mol. The third-order valence-electron chi connectivity index (χ3n) is 5.39. The second-order valence-corrected chi connectivity index (χ2v) is 9.42. The molecule has 2 amide bonds. The first-order valence-corrected chi connectivity index (χ1v) is 11.6. The molecule has 2 aromatic carbocycles. The van der Waals surface area contributed by atoms with Gasteiger partial charge in [0.25, 0.3) is 0 Å². The molecule has 1 aliphatic rings. The summed E-state index contributed by atoms with van der Waals surface area (Å²) in [4.78, 5) is 17.4. The van der Waals surface area contributed by atoms with Gasteiger partial charge in [0.15, 0.2) is 0 Å². The fourth-order valence-corrected chi connectivity index (χ4v) is 4.71. The van der Waals surface area contributed by atoms with E-state index in [4.69, 9.17) is 23.2 Å². The monoisotopic (exact) mass is 536 g/mol. The summed E-state index contributed by atoms with van der Waals surface area (Å²) >= 11 is 15.7. The molecule has 1 fully saturated rings. The molecule has 7 nitrogen and oxygen atoms in total. The van der Waals surface area contributed by atoms with E-state index in [0.717, 1.165) is 47.6 Å². The van der Waals surface area contributed by atoms with E-state index in [1.807, 2.05) is 23.9 Å². The van der Waals surface area contributed by atoms with Gasteiger partial charge in [-0.05, 0) is 59.4 Å². The molecule has 0 unspecified atom stereocenters. The average Bonchev–Trinajstić information content (AvgIpc) is 3.08. The maximum Gasteiger partial charge on any atom is 0.323 e. The number of benzene rings is 2. The minimum absolute atomic E-state index is 0.373. The summed E-state index contributed by atoms with van der Waals surface area (Å²) in [6, 6.07) is 10.6. The minimum atomic E-state index is -0.389. The van der Waals surface area contributed by atoms with E-state index in [-0.39, 0.29) is 6.03 Å². The molecule has 10 heteroatoms. The number of aryl methyl sites for hydroxylation is 1. The zero-order valence-corrected chi connectivity index (χ0v) is 20.8. The van der Waals surface area contributed by atoms with Crippen molar-refractivity contribution in [3.63, 3.8) is 0 Å². The van der Waals surface area contributed by atoms with E-state index in [9.17, 15) is 4.79 Å². The lowest BCUT2D eigenvalue weighted by atomic mass is 10.1. The molecule has 0 spiro atoms. The Morgan fingerprint density at radius 1 is 1.03 bits per heavy atom. The van der Waals surface area contributed by atoms with E-state index in [0.29, 0.717) is 21.4 Å². The van der Waals surface area contributed by atoms with Crippen LogP contribution in [0.15, 0.2) is 47.1 Å². The number of amides is 2. The Bertz CT molecular complexity index is 1120. The predicted octanol–water partition coefficient (Wildman–Crippen LogP) is 5.55. The third kappa shape index (κ3) is 5.20. The number of rotatable bonds is 4. The van der Waals surface area contributed by atoms with Gasteiger partial charge in [0, 0.05) is 55.2 Å². The van der Waals surface area contributed by atoms with E-state index < -0.39 is 0 Å². The summed E-state index contributed by atoms with van der Waals surface area (Å²) < 4.78 is 2.70. The van der Waals surface area contributed by atoms with Gasteiger partial charge >= 0.3 is 6.03 Å². The minimum Gasteiger partial charge on any atom is -0.369 e. The average molecular weight is 538 g/mol. The molecule has 2 heterocycles. The number of aromatic nitrogens is 2. The Hall–Kier alpha value is -2.26. The molecule has 0 bridgehead atoms. The van der Waals surface area contributed by atoms with Crippen molar-refractivity contribution in [1.29, 1.82) is 0 Å². The van der Waals surface area contributed by atoms with Crippen molar-refractivity contribution in [1.82, 2.24) is 14.7 Å². The Morgan fingerprint density at radius 3 is 2.44 bits per heavy atom. The first-order chi connectivity index (χ1) is 15.3. The van der Waals surface area contributed by atoms with Crippen molar-refractivity contribution in [3.05, 3.63) is 57.1 Å². The molecule has 0 atom stereocenters. The number of urea groups is 1. The fourth-order valence-electron chi connectivity index (χ4n) is 3.68. The van der Waals surface area contributed by atoms with Gasteiger partial charge in [0.1, 0.15) is 0 Å². The summed E-state index contributed by atoms with van der Waals surface area (Å²) in [5.74, 6) is 0. The van der Waals surface area contributed by atoms with Gasteiger partial charge in [-0.25, -0.2) is 4.79 Å². The van der Waals surface area contributed by atoms with Crippen LogP contribution in [-0.4, -0.2) is 53.9 Å². The van der Waals surface area contributed by atoms with Gasteiger partial charge in [-0.3, -0.25) is 4.68 Å². The molecule has 0 aliphatic carbocycles. The highest BCUT2D eigenvalue weighted by atomic mass is 79.9. The topological polar surface area (TPSA) is 65.4 Å². The molecule has 2 N–H and O–H groups in total. The molecule has 0 radical (unpaired) electrons. The van der Waals surface area contributed by atoms with Crippen molar-refractivity contribution in [2.24, 2.45) is 7.05 Å². The molecule has 168 valence electrons. The van der Waals surface area contributed by atoms with Crippen molar-refractivity contribution in [3.8, 4) is 11.3 Å². The van der Waals surface area contributed by atoms with Crippen LogP contribution in [0.25, 0.3) is 11.3 Å². The molecule has 1 aliphatic heterocycles. The van der Waals surface area contributed by atoms with Gasteiger partial charge in [-0.1, -0.05) is 23.2 Å². The highest BCUT2D eigenvalue weighted by Gasteiger charge is 2.18. The molecule has 3 aromatic rings. The smallest absolute Gasteiger partial charge is 0.323 e. The van der Waals surface area contributed by atoms with Gasteiger partial charge < -0.3 is 20.4 Å². The van der Waals surface area contributed by atoms with E-state index >= 15 is 0 Å². The molecule has 1 aromatic heterocycles. The van der Waals surface area contributed by atoms with Crippen molar-refractivity contribution < 1.29 is 4.79 Å². The number of anilines is 3. The number of nitrogens with one attached hydrogen (secondary N) is 2. The molecule has 1 saturated heterocycles. The van der Waals surface area contributed by atoms with Crippen LogP contribution < -0.4 is 15.5 Å². The Morgan fingerprint density at radius 2 is 1.78 bits per heavy atom. The summed E-state index contributed by atoms with van der Waals surface area (Å²) in [6.45, 7) is 3.80. The lowest BCUT2D eigenvalue weighted by Gasteiger charge is -2.34. The number of piperazine rings is 1. The van der Waals surface area contributed by atoms with Crippen LogP contribution >= 0.6 is 39.1 Å². The number of halogens is 3. The third-order valence-corrected chi connectivity index (χ3v) is 6.52. The first-order valence-electron chi connectivity index (χ1n) is 10.1. The zero-order chi connectivity index (χ0) is 22.8. The Balaban J connectivity index is 1.63. The number of likely N-dealkylation sites (N-methyl/N-ethyl adjacent to an activating group) is 1. The lowest BCUT2D eigenvalue weighted by Crippen LogP contribution is -2.44. The van der Waals surface area contributed by atoms with E-state index in [2.05, 4.69) is 54.6 Å². The SMILES string of the molecule is CN1CCN(c2cc(NC(=O)Nc3ccc(Cl)cc3Cl)cc(-c3c(Br)cnn3C)c2)CC1. The molecular formula is C22H23BrCl2N6O. The number of hydrogen-bond acceptors (Lipinski definition) is 4. The van der Waals surface area contributed by atoms with Crippen LogP contribution in [0.5, 0.6) is 0 Å². The summed E-state index contributed by atoms with van der Waals surface area (Å²) in [7, 11) is 4.02. The second-order valence-electron chi connectivity index (χ2n) is 7.73. The normalized spacial score (nSPS) is 14.5. The Labute approximate surface area is 205 Å². The summed E-state index contributed by atoms with van der Waals surface area (Å²) in [5.41, 5.74) is 4.09. The lowest BCUT2D eigenvalue weighted by molar-refractivity contribution is 0.262. The van der Waals surface area contributed by atoms with Crippen LogP contribution in [-0.2, 0) is 7.05 Å². The summed E-state index contributed by atoms with van der Waals surface area (Å²) in [6.07, 6.45) is 1.76. The van der Waals surface area contributed by atoms with Crippen molar-refractivity contribution in [2.45, 2.75) is 0 Å². The molecule has 0 saturated carbocycles. The number of carbonyl (C=O) groups is 1. The summed E-state index contributed by atoms with van der Waals surface area (Å²) in [5, 5.41) is 10.9. The predicted molar refractivity (Wildman–Crippen MR) is 135 cm³/mol. The highest BCUT2D eigenvalue weighted by molar-refractivity contribution is 9.10. The first kappa shape index (κ1) is 22.9. The van der Waals surface area contributed by atoms with Crippen LogP contribution in [0.2, 0.25) is 10.0 Å². The van der Waals surface area contributed by atoms with Crippen molar-refractivity contribution in [2.75, 3.05) is 48.8 Å². The highest BCUT2D eigenvalue weighted by Crippen LogP contribution is 2.34. The van der Waals surface area contributed by atoms with Crippen LogP contribution in [0.3, 0.4) is 0 Å². The van der Waals surface area contributed by atoms with E-state index in [1.54, 1.807) is 24.4 Å². The standard InChI is InChI=1S/C22H23BrCl2N6O/c1-29-5-7-31(8-6-29)17-10-14(21-18(23)13-26-30(21)2)9-16(12-17)27-22(32)28-20-4-3-15(24)11-19(20)25/h3-4,9-13H,5-8H2,1-2H3,(H2,27,28,32). The molecule has 32 heavy (non-hydrogen) atoms. The van der Waals surface area contributed by atoms with E-state index in [1.165, 1.54) is 0 Å². The molecule has 4 rings (SSSR count). The fraction of sp³-hybridized carbons (Fsp3) is 0.273. The van der Waals surface area contributed by atoms with Crippen LogP contribution in [0, 0.1) is 0 Å². The maximum absolute atomic E-state index is 12.7. The van der Waals surface area contributed by atoms with Crippen LogP contribution in [0.1, 0.15) is 0 Å². The number of carbonyl (C=O) groups excluding carboxylic acids is 1. The van der Waals surface area contributed by atoms with Crippen LogP contribution in [0.4, 0.5) is 21.9 Å². The Kier molecular flexibility index (Phi) is 6.95. The van der Waals surface area contributed by atoms with Gasteiger partial charge in [-0.15, -0.1) is 0 Å². The van der Waals surface area contributed by atoms with Gasteiger partial charge in [0.05, 0.1) is 27.1 Å². The largest absolute Gasteiger partial charge is 0.369 e. The van der Waals surface area contributed by atoms with Gasteiger partial charge in [0.2, 0.25) is 0 Å². The maximum atomic E-state index is 12.7. The zero-order valence-electron chi connectivity index (χ0n) is 17.7. The number of nitrogens with zero attached hydrogens (tertiary/aromatic N) is 4. The van der Waals surface area contributed by atoms with Gasteiger partial charge in [-0.2, -0.15) is 5.10 Å². The second kappa shape index (κ2) is 9.70. The number of hydrogen-bond donors (Lipinski definition) is 2. The quantitative estimate of drug-likeness (QED) is 0.457. The van der Waals surface area contributed by atoms with Crippen molar-refractivity contribution >= 4 is 62.2 Å².